The zero-order valence-electron chi connectivity index (χ0n) is 12.2. The van der Waals surface area contributed by atoms with Crippen LogP contribution < -0.4 is 0 Å². The predicted octanol–water partition coefficient (Wildman–Crippen LogP) is 1.28. The molecule has 21 heavy (non-hydrogen) atoms. The van der Waals surface area contributed by atoms with Gasteiger partial charge in [-0.25, -0.2) is 15.0 Å². The van der Waals surface area contributed by atoms with E-state index in [-0.39, 0.29) is 12.0 Å². The molecule has 116 valence electrons. The lowest BCUT2D eigenvalue weighted by Crippen LogP contribution is -2.15. The summed E-state index contributed by atoms with van der Waals surface area (Å²) in [4.78, 5) is 30.3. The molecule has 0 fully saturated rings. The summed E-state index contributed by atoms with van der Waals surface area (Å²) in [7, 11) is -4.12. The molecule has 2 N–H and O–H groups in total. The van der Waals surface area contributed by atoms with Crippen LogP contribution in [0.3, 0.4) is 0 Å². The van der Waals surface area contributed by atoms with Crippen LogP contribution in [0.5, 0.6) is 0 Å². The summed E-state index contributed by atoms with van der Waals surface area (Å²) in [5.41, 5.74) is 2.15. The third kappa shape index (κ3) is 4.07. The van der Waals surface area contributed by atoms with Gasteiger partial charge in [0.1, 0.15) is 18.2 Å². The average Bonchev–Trinajstić information content (AvgIpc) is 2.75. The lowest BCUT2D eigenvalue weighted by Gasteiger charge is -2.17. The third-order valence-electron chi connectivity index (χ3n) is 2.85. The van der Waals surface area contributed by atoms with E-state index in [1.54, 1.807) is 10.9 Å². The molecule has 0 unspecified atom stereocenters. The van der Waals surface area contributed by atoms with Crippen LogP contribution in [0, 0.1) is 0 Å². The fourth-order valence-electron chi connectivity index (χ4n) is 1.94. The van der Waals surface area contributed by atoms with E-state index in [1.807, 2.05) is 0 Å². The van der Waals surface area contributed by atoms with Crippen LogP contribution in [0.1, 0.15) is 26.5 Å². The summed E-state index contributed by atoms with van der Waals surface area (Å²) in [6.45, 7) is 6.74. The van der Waals surface area contributed by atoms with E-state index < -0.39 is 13.9 Å². The molecule has 0 radical (unpaired) electrons. The second-order valence-electron chi connectivity index (χ2n) is 5.78. The molecule has 2 heterocycles. The van der Waals surface area contributed by atoms with Gasteiger partial charge in [-0.2, -0.15) is 0 Å². The predicted molar refractivity (Wildman–Crippen MR) is 76.9 cm³/mol. The molecule has 9 heteroatoms. The minimum absolute atomic E-state index is 0.142. The number of rotatable bonds is 5. The summed E-state index contributed by atoms with van der Waals surface area (Å²) >= 11 is 0. The zero-order valence-corrected chi connectivity index (χ0v) is 13.1. The molecule has 2 rings (SSSR count). The molecule has 0 aliphatic rings. The number of aromatic nitrogens is 4. The Kier molecular flexibility index (Phi) is 4.43. The number of hydrogen-bond acceptors (Lipinski definition) is 5. The normalized spacial score (nSPS) is 13.0. The Bertz CT molecular complexity index is 673. The van der Waals surface area contributed by atoms with Gasteiger partial charge in [-0.05, 0) is 0 Å². The summed E-state index contributed by atoms with van der Waals surface area (Å²) in [6, 6.07) is 0. The first-order valence-electron chi connectivity index (χ1n) is 6.47. The van der Waals surface area contributed by atoms with Crippen LogP contribution >= 0.6 is 7.60 Å². The van der Waals surface area contributed by atoms with Gasteiger partial charge in [0.15, 0.2) is 5.65 Å². The van der Waals surface area contributed by atoms with Crippen LogP contribution in [0.2, 0.25) is 0 Å². The van der Waals surface area contributed by atoms with Crippen molar-refractivity contribution in [2.45, 2.75) is 32.7 Å². The molecule has 0 aliphatic heterocycles. The summed E-state index contributed by atoms with van der Waals surface area (Å²) < 4.78 is 17.4. The highest BCUT2D eigenvalue weighted by atomic mass is 31.2. The Morgan fingerprint density at radius 1 is 1.29 bits per heavy atom. The Morgan fingerprint density at radius 3 is 2.62 bits per heavy atom. The maximum atomic E-state index is 10.7. The minimum atomic E-state index is -4.12. The van der Waals surface area contributed by atoms with Gasteiger partial charge in [0.25, 0.3) is 0 Å². The average molecular weight is 314 g/mol. The topological polar surface area (TPSA) is 110 Å². The second-order valence-corrected chi connectivity index (χ2v) is 7.37. The smallest absolute Gasteiger partial charge is 0.350 e. The molecule has 0 aliphatic carbocycles. The molecule has 0 bridgehead atoms. The molecule has 0 spiro atoms. The van der Waals surface area contributed by atoms with Crippen molar-refractivity contribution in [2.24, 2.45) is 0 Å². The lowest BCUT2D eigenvalue weighted by atomic mass is 9.91. The second kappa shape index (κ2) is 5.81. The SMILES string of the molecule is CC(C)(C)c1ncnc2c1ncn2CCOCP(=O)(O)O. The standard InChI is InChI=1S/C12H19N4O4P/c1-12(2,3)10-9-11(14-6-13-10)16(7-15-9)4-5-20-8-21(17,18)19/h6-7H,4-5,8H2,1-3H3,(H2,17,18,19). The third-order valence-corrected chi connectivity index (χ3v) is 3.37. The van der Waals surface area contributed by atoms with Crippen LogP contribution in [0.15, 0.2) is 12.7 Å². The van der Waals surface area contributed by atoms with Crippen LogP contribution in [0.25, 0.3) is 11.2 Å². The largest absolute Gasteiger partial charge is 0.367 e. The first kappa shape index (κ1) is 16.0. The van der Waals surface area contributed by atoms with E-state index >= 15 is 0 Å². The summed E-state index contributed by atoms with van der Waals surface area (Å²) in [5, 5.41) is 0. The molecule has 8 nitrogen and oxygen atoms in total. The van der Waals surface area contributed by atoms with Gasteiger partial charge in [-0.1, -0.05) is 20.8 Å². The van der Waals surface area contributed by atoms with Crippen LogP contribution in [-0.2, 0) is 21.3 Å². The Hall–Kier alpha value is -1.34. The number of fused-ring (bicyclic) bond motifs is 1. The van der Waals surface area contributed by atoms with Crippen molar-refractivity contribution in [1.29, 1.82) is 0 Å². The molecule has 0 saturated carbocycles. The van der Waals surface area contributed by atoms with Gasteiger partial charge in [-0.3, -0.25) is 4.57 Å². The lowest BCUT2D eigenvalue weighted by molar-refractivity contribution is 0.149. The van der Waals surface area contributed by atoms with Gasteiger partial charge < -0.3 is 19.1 Å². The molecule has 2 aromatic heterocycles. The van der Waals surface area contributed by atoms with Gasteiger partial charge in [0, 0.05) is 12.0 Å². The highest BCUT2D eigenvalue weighted by molar-refractivity contribution is 7.51. The van der Waals surface area contributed by atoms with E-state index in [4.69, 9.17) is 14.5 Å². The van der Waals surface area contributed by atoms with Crippen molar-refractivity contribution >= 4 is 18.8 Å². The van der Waals surface area contributed by atoms with Crippen molar-refractivity contribution < 1.29 is 19.1 Å². The Morgan fingerprint density at radius 2 is 2.00 bits per heavy atom. The first-order valence-corrected chi connectivity index (χ1v) is 8.27. The quantitative estimate of drug-likeness (QED) is 0.631. The molecule has 0 aromatic carbocycles. The van der Waals surface area contributed by atoms with E-state index in [1.165, 1.54) is 6.33 Å². The van der Waals surface area contributed by atoms with Crippen molar-refractivity contribution in [3.63, 3.8) is 0 Å². The van der Waals surface area contributed by atoms with E-state index in [9.17, 15) is 4.57 Å². The fourth-order valence-corrected chi connectivity index (χ4v) is 2.31. The van der Waals surface area contributed by atoms with Gasteiger partial charge in [-0.15, -0.1) is 0 Å². The molecular weight excluding hydrogens is 295 g/mol. The summed E-state index contributed by atoms with van der Waals surface area (Å²) in [5.74, 6) is 0. The minimum Gasteiger partial charge on any atom is -0.367 e. The monoisotopic (exact) mass is 314 g/mol. The zero-order chi connectivity index (χ0) is 15.7. The fraction of sp³-hybridized carbons (Fsp3) is 0.583. The maximum Gasteiger partial charge on any atom is 0.350 e. The maximum absolute atomic E-state index is 10.7. The first-order chi connectivity index (χ1) is 9.68. The molecule has 0 saturated heterocycles. The Labute approximate surface area is 122 Å². The van der Waals surface area contributed by atoms with Gasteiger partial charge in [0.2, 0.25) is 0 Å². The molecule has 0 atom stereocenters. The Balaban J connectivity index is 2.14. The van der Waals surface area contributed by atoms with Crippen molar-refractivity contribution in [1.82, 2.24) is 19.5 Å². The van der Waals surface area contributed by atoms with Crippen molar-refractivity contribution in [3.05, 3.63) is 18.3 Å². The number of imidazole rings is 1. The number of nitrogens with zero attached hydrogens (tertiary/aromatic N) is 4. The van der Waals surface area contributed by atoms with E-state index in [0.29, 0.717) is 12.2 Å². The van der Waals surface area contributed by atoms with Crippen LogP contribution in [-0.4, -0.2) is 42.3 Å². The van der Waals surface area contributed by atoms with Gasteiger partial charge in [0.05, 0.1) is 18.6 Å². The molecule has 0 amide bonds. The van der Waals surface area contributed by atoms with E-state index in [2.05, 4.69) is 35.7 Å². The van der Waals surface area contributed by atoms with Crippen molar-refractivity contribution in [2.75, 3.05) is 13.0 Å². The van der Waals surface area contributed by atoms with Crippen LogP contribution in [0.4, 0.5) is 0 Å². The van der Waals surface area contributed by atoms with Gasteiger partial charge >= 0.3 is 7.60 Å². The highest BCUT2D eigenvalue weighted by Crippen LogP contribution is 2.33. The van der Waals surface area contributed by atoms with Crippen molar-refractivity contribution in [3.8, 4) is 0 Å². The van der Waals surface area contributed by atoms with E-state index in [0.717, 1.165) is 11.2 Å². The summed E-state index contributed by atoms with van der Waals surface area (Å²) in [6.07, 6.45) is 2.55. The highest BCUT2D eigenvalue weighted by Gasteiger charge is 2.21. The molecular formula is C12H19N4O4P. The number of hydrogen-bond donors (Lipinski definition) is 2. The molecule has 2 aromatic rings. The number of ether oxygens (including phenoxy) is 1.